The largest absolute Gasteiger partial charge is 0.367 e. The molecule has 1 fully saturated rings. The van der Waals surface area contributed by atoms with Crippen molar-refractivity contribution >= 4 is 21.7 Å². The number of hydrogen-bond acceptors (Lipinski definition) is 3. The number of likely N-dealkylation sites (N-methyl/N-ethyl adjacent to an activating group) is 1. The van der Waals surface area contributed by atoms with Gasteiger partial charge in [0.15, 0.2) is 0 Å². The molecule has 2 atom stereocenters. The summed E-state index contributed by atoms with van der Waals surface area (Å²) in [5.74, 6) is 1.76. The van der Waals surface area contributed by atoms with Gasteiger partial charge in [0.25, 0.3) is 0 Å². The van der Waals surface area contributed by atoms with Gasteiger partial charge in [0.2, 0.25) is 0 Å². The fourth-order valence-corrected chi connectivity index (χ4v) is 3.87. The standard InChI is InChI=1S/C16H26BrN3/c1-12-6-5-7-16(9-12,20(3)4)11-19-15-14(17)8-13(2)10-18-15/h8,10,12H,5-7,9,11H2,1-4H3,(H,18,19). The summed E-state index contributed by atoms with van der Waals surface area (Å²) in [6.07, 6.45) is 7.13. The van der Waals surface area contributed by atoms with E-state index in [4.69, 9.17) is 0 Å². The summed E-state index contributed by atoms with van der Waals surface area (Å²) in [6, 6.07) is 2.11. The highest BCUT2D eigenvalue weighted by Crippen LogP contribution is 2.36. The van der Waals surface area contributed by atoms with E-state index in [0.29, 0.717) is 0 Å². The number of aryl methyl sites for hydroxylation is 1. The summed E-state index contributed by atoms with van der Waals surface area (Å²) in [6.45, 7) is 5.39. The Hall–Kier alpha value is -0.610. The molecule has 1 saturated carbocycles. The quantitative estimate of drug-likeness (QED) is 0.895. The van der Waals surface area contributed by atoms with Gasteiger partial charge in [0, 0.05) is 18.3 Å². The highest BCUT2D eigenvalue weighted by Gasteiger charge is 2.36. The number of rotatable bonds is 4. The van der Waals surface area contributed by atoms with E-state index < -0.39 is 0 Å². The lowest BCUT2D eigenvalue weighted by Crippen LogP contribution is -2.52. The molecule has 0 amide bonds. The van der Waals surface area contributed by atoms with E-state index in [1.165, 1.54) is 31.2 Å². The molecule has 0 radical (unpaired) electrons. The van der Waals surface area contributed by atoms with Crippen LogP contribution in [0.2, 0.25) is 0 Å². The summed E-state index contributed by atoms with van der Waals surface area (Å²) in [7, 11) is 4.41. The molecule has 1 aromatic heterocycles. The maximum atomic E-state index is 4.50. The van der Waals surface area contributed by atoms with Crippen molar-refractivity contribution < 1.29 is 0 Å². The van der Waals surface area contributed by atoms with E-state index in [2.05, 4.69) is 65.1 Å². The first-order chi connectivity index (χ1) is 9.43. The Morgan fingerprint density at radius 2 is 2.25 bits per heavy atom. The van der Waals surface area contributed by atoms with Crippen LogP contribution in [-0.2, 0) is 0 Å². The van der Waals surface area contributed by atoms with Crippen LogP contribution in [0.15, 0.2) is 16.7 Å². The van der Waals surface area contributed by atoms with E-state index in [1.54, 1.807) is 0 Å². The second-order valence-electron chi connectivity index (χ2n) is 6.52. The van der Waals surface area contributed by atoms with E-state index in [9.17, 15) is 0 Å². The van der Waals surface area contributed by atoms with Gasteiger partial charge in [-0.15, -0.1) is 0 Å². The van der Waals surface area contributed by atoms with E-state index in [1.807, 2.05) is 6.20 Å². The normalized spacial score (nSPS) is 26.8. The molecule has 0 spiro atoms. The third-order valence-electron chi connectivity index (χ3n) is 4.58. The van der Waals surface area contributed by atoms with Crippen LogP contribution in [0.25, 0.3) is 0 Å². The highest BCUT2D eigenvalue weighted by molar-refractivity contribution is 9.10. The van der Waals surface area contributed by atoms with Gasteiger partial charge in [-0.05, 0) is 67.3 Å². The predicted molar refractivity (Wildman–Crippen MR) is 89.2 cm³/mol. The Morgan fingerprint density at radius 3 is 2.85 bits per heavy atom. The number of nitrogens with zero attached hydrogens (tertiary/aromatic N) is 2. The molecule has 2 rings (SSSR count). The SMILES string of the molecule is Cc1cnc(NCC2(N(C)C)CCCC(C)C2)c(Br)c1. The minimum Gasteiger partial charge on any atom is -0.367 e. The Bertz CT molecular complexity index is 461. The minimum absolute atomic E-state index is 0.254. The average Bonchev–Trinajstić information content (AvgIpc) is 2.37. The first-order valence-electron chi connectivity index (χ1n) is 7.46. The molecule has 1 aromatic rings. The first-order valence-corrected chi connectivity index (χ1v) is 8.26. The third kappa shape index (κ3) is 3.53. The van der Waals surface area contributed by atoms with Crippen LogP contribution >= 0.6 is 15.9 Å². The molecule has 1 N–H and O–H groups in total. The fourth-order valence-electron chi connectivity index (χ4n) is 3.27. The smallest absolute Gasteiger partial charge is 0.140 e. The molecule has 0 aromatic carbocycles. The van der Waals surface area contributed by atoms with Crippen LogP contribution in [0.5, 0.6) is 0 Å². The van der Waals surface area contributed by atoms with Crippen molar-refractivity contribution in [2.45, 2.75) is 45.1 Å². The van der Waals surface area contributed by atoms with Gasteiger partial charge in [0.05, 0.1) is 4.47 Å². The zero-order chi connectivity index (χ0) is 14.8. The fraction of sp³-hybridized carbons (Fsp3) is 0.688. The molecule has 3 nitrogen and oxygen atoms in total. The topological polar surface area (TPSA) is 28.2 Å². The van der Waals surface area contributed by atoms with Crippen molar-refractivity contribution in [3.05, 3.63) is 22.3 Å². The van der Waals surface area contributed by atoms with Gasteiger partial charge in [-0.3, -0.25) is 0 Å². The predicted octanol–water partition coefficient (Wildman–Crippen LogP) is 4.07. The maximum Gasteiger partial charge on any atom is 0.140 e. The van der Waals surface area contributed by atoms with Gasteiger partial charge in [-0.1, -0.05) is 19.8 Å². The van der Waals surface area contributed by atoms with Crippen LogP contribution in [0.1, 0.15) is 38.2 Å². The molecule has 1 aliphatic carbocycles. The molecular weight excluding hydrogens is 314 g/mol. The lowest BCUT2D eigenvalue weighted by Gasteiger charge is -2.45. The Morgan fingerprint density at radius 1 is 1.50 bits per heavy atom. The van der Waals surface area contributed by atoms with Crippen LogP contribution < -0.4 is 5.32 Å². The molecular formula is C16H26BrN3. The monoisotopic (exact) mass is 339 g/mol. The molecule has 1 aliphatic rings. The summed E-state index contributed by atoms with van der Waals surface area (Å²) in [5.41, 5.74) is 1.43. The summed E-state index contributed by atoms with van der Waals surface area (Å²) in [4.78, 5) is 6.90. The van der Waals surface area contributed by atoms with Crippen LogP contribution in [0.3, 0.4) is 0 Å². The molecule has 1 heterocycles. The van der Waals surface area contributed by atoms with Crippen molar-refractivity contribution in [1.82, 2.24) is 9.88 Å². The molecule has 0 aliphatic heterocycles. The average molecular weight is 340 g/mol. The first kappa shape index (κ1) is 15.8. The Balaban J connectivity index is 2.09. The molecule has 112 valence electrons. The van der Waals surface area contributed by atoms with Crippen molar-refractivity contribution in [3.8, 4) is 0 Å². The summed E-state index contributed by atoms with van der Waals surface area (Å²) >= 11 is 3.60. The van der Waals surface area contributed by atoms with Gasteiger partial charge < -0.3 is 10.2 Å². The summed E-state index contributed by atoms with van der Waals surface area (Å²) in [5, 5.41) is 3.55. The lowest BCUT2D eigenvalue weighted by molar-refractivity contribution is 0.0881. The van der Waals surface area contributed by atoms with Crippen LogP contribution in [-0.4, -0.2) is 36.1 Å². The second kappa shape index (κ2) is 6.44. The Labute approximate surface area is 131 Å². The number of nitrogens with one attached hydrogen (secondary N) is 1. The van der Waals surface area contributed by atoms with Gasteiger partial charge in [-0.25, -0.2) is 4.98 Å². The molecule has 4 heteroatoms. The zero-order valence-electron chi connectivity index (χ0n) is 13.0. The van der Waals surface area contributed by atoms with E-state index >= 15 is 0 Å². The molecule has 0 saturated heterocycles. The van der Waals surface area contributed by atoms with Crippen molar-refractivity contribution in [3.63, 3.8) is 0 Å². The number of anilines is 1. The lowest BCUT2D eigenvalue weighted by atomic mass is 9.75. The van der Waals surface area contributed by atoms with Crippen molar-refractivity contribution in [2.24, 2.45) is 5.92 Å². The van der Waals surface area contributed by atoms with Crippen molar-refractivity contribution in [2.75, 3.05) is 26.0 Å². The second-order valence-corrected chi connectivity index (χ2v) is 7.37. The molecule has 0 bridgehead atoms. The van der Waals surface area contributed by atoms with Gasteiger partial charge in [0.1, 0.15) is 5.82 Å². The Kier molecular flexibility index (Phi) is 5.08. The molecule has 20 heavy (non-hydrogen) atoms. The number of hydrogen-bond donors (Lipinski definition) is 1. The van der Waals surface area contributed by atoms with Crippen molar-refractivity contribution in [1.29, 1.82) is 0 Å². The van der Waals surface area contributed by atoms with E-state index in [-0.39, 0.29) is 5.54 Å². The van der Waals surface area contributed by atoms with Crippen LogP contribution in [0.4, 0.5) is 5.82 Å². The highest BCUT2D eigenvalue weighted by atomic mass is 79.9. The zero-order valence-corrected chi connectivity index (χ0v) is 14.6. The summed E-state index contributed by atoms with van der Waals surface area (Å²) < 4.78 is 1.05. The maximum absolute atomic E-state index is 4.50. The molecule has 2 unspecified atom stereocenters. The number of aromatic nitrogens is 1. The van der Waals surface area contributed by atoms with Gasteiger partial charge in [-0.2, -0.15) is 0 Å². The number of pyridine rings is 1. The van der Waals surface area contributed by atoms with Crippen LogP contribution in [0, 0.1) is 12.8 Å². The third-order valence-corrected chi connectivity index (χ3v) is 5.18. The van der Waals surface area contributed by atoms with Gasteiger partial charge >= 0.3 is 0 Å². The minimum atomic E-state index is 0.254. The number of halogens is 1. The van der Waals surface area contributed by atoms with E-state index in [0.717, 1.165) is 22.8 Å².